The molecule has 2 aromatic heterocycles. The highest BCUT2D eigenvalue weighted by Crippen LogP contribution is 2.36. The Balaban J connectivity index is 1.51. The van der Waals surface area contributed by atoms with Crippen molar-refractivity contribution in [3.63, 3.8) is 0 Å². The van der Waals surface area contributed by atoms with E-state index in [4.69, 9.17) is 4.98 Å². The summed E-state index contributed by atoms with van der Waals surface area (Å²) in [5.41, 5.74) is 3.52. The number of aryl methyl sites for hydroxylation is 1. The van der Waals surface area contributed by atoms with E-state index in [0.29, 0.717) is 5.92 Å². The smallest absolute Gasteiger partial charge is 0.160 e. The van der Waals surface area contributed by atoms with E-state index in [1.807, 2.05) is 18.6 Å². The Bertz CT molecular complexity index is 670. The number of pyridine rings is 1. The van der Waals surface area contributed by atoms with Crippen LogP contribution in [0.15, 0.2) is 30.7 Å². The molecule has 0 radical (unpaired) electrons. The molecule has 0 aromatic carbocycles. The van der Waals surface area contributed by atoms with Crippen molar-refractivity contribution in [1.82, 2.24) is 15.0 Å². The van der Waals surface area contributed by atoms with Gasteiger partial charge in [-0.3, -0.25) is 4.98 Å². The van der Waals surface area contributed by atoms with Gasteiger partial charge in [0, 0.05) is 35.8 Å². The van der Waals surface area contributed by atoms with Gasteiger partial charge < -0.3 is 0 Å². The van der Waals surface area contributed by atoms with Gasteiger partial charge in [0.05, 0.1) is 0 Å². The molecule has 0 spiro atoms. The second-order valence-corrected chi connectivity index (χ2v) is 8.56. The maximum absolute atomic E-state index is 4.77. The molecule has 1 saturated carbocycles. The topological polar surface area (TPSA) is 38.7 Å². The summed E-state index contributed by atoms with van der Waals surface area (Å²) in [7, 11) is 0. The molecule has 0 amide bonds. The summed E-state index contributed by atoms with van der Waals surface area (Å²) in [5.74, 6) is 2.37. The summed E-state index contributed by atoms with van der Waals surface area (Å²) in [6.07, 6.45) is 21.6. The molecule has 3 rings (SSSR count). The summed E-state index contributed by atoms with van der Waals surface area (Å²) in [5, 5.41) is 0. The molecule has 1 aliphatic carbocycles. The largest absolute Gasteiger partial charge is 0.260 e. The Morgan fingerprint density at radius 1 is 0.786 bits per heavy atom. The molecule has 0 N–H and O–H groups in total. The molecule has 3 heteroatoms. The first-order valence-corrected chi connectivity index (χ1v) is 11.6. The Labute approximate surface area is 171 Å². The lowest BCUT2D eigenvalue weighted by atomic mass is 9.78. The van der Waals surface area contributed by atoms with Crippen LogP contribution in [0.2, 0.25) is 0 Å². The fraction of sp³-hybridized carbons (Fsp3) is 0.640. The standard InChI is InChI=1S/C25H37N3/c1-3-5-6-7-8-10-21-17-27-25(28-18-21)23-15-16-24(26-19-23)22-13-11-20(9-4-2)12-14-22/h15-20,22H,3-14H2,1-2H3. The van der Waals surface area contributed by atoms with Gasteiger partial charge in [0.15, 0.2) is 5.82 Å². The highest BCUT2D eigenvalue weighted by atomic mass is 14.9. The van der Waals surface area contributed by atoms with Gasteiger partial charge in [-0.2, -0.15) is 0 Å². The highest BCUT2D eigenvalue weighted by molar-refractivity contribution is 5.53. The van der Waals surface area contributed by atoms with E-state index in [1.165, 1.54) is 81.9 Å². The summed E-state index contributed by atoms with van der Waals surface area (Å²) >= 11 is 0. The third kappa shape index (κ3) is 6.12. The maximum Gasteiger partial charge on any atom is 0.160 e. The average Bonchev–Trinajstić information content (AvgIpc) is 2.75. The van der Waals surface area contributed by atoms with Gasteiger partial charge in [-0.15, -0.1) is 0 Å². The lowest BCUT2D eigenvalue weighted by molar-refractivity contribution is 0.305. The van der Waals surface area contributed by atoms with Crippen molar-refractivity contribution in [3.8, 4) is 11.4 Å². The van der Waals surface area contributed by atoms with Crippen LogP contribution in [0.4, 0.5) is 0 Å². The Kier molecular flexibility index (Phi) is 8.44. The third-order valence-electron chi connectivity index (χ3n) is 6.28. The molecule has 0 aliphatic heterocycles. The van der Waals surface area contributed by atoms with E-state index in [2.05, 4.69) is 35.9 Å². The predicted molar refractivity (Wildman–Crippen MR) is 117 cm³/mol. The molecule has 0 saturated heterocycles. The van der Waals surface area contributed by atoms with Gasteiger partial charge in [0.1, 0.15) is 0 Å². The minimum absolute atomic E-state index is 0.637. The average molecular weight is 380 g/mol. The van der Waals surface area contributed by atoms with Crippen LogP contribution in [0, 0.1) is 5.92 Å². The minimum atomic E-state index is 0.637. The molecule has 152 valence electrons. The Hall–Kier alpha value is -1.77. The third-order valence-corrected chi connectivity index (χ3v) is 6.28. The van der Waals surface area contributed by atoms with Crippen molar-refractivity contribution in [3.05, 3.63) is 42.0 Å². The molecule has 2 heterocycles. The van der Waals surface area contributed by atoms with Crippen molar-refractivity contribution in [2.45, 2.75) is 96.8 Å². The Morgan fingerprint density at radius 3 is 2.18 bits per heavy atom. The molecular formula is C25H37N3. The van der Waals surface area contributed by atoms with Crippen molar-refractivity contribution >= 4 is 0 Å². The number of hydrogen-bond acceptors (Lipinski definition) is 3. The molecule has 28 heavy (non-hydrogen) atoms. The molecular weight excluding hydrogens is 342 g/mol. The molecule has 0 atom stereocenters. The van der Waals surface area contributed by atoms with Gasteiger partial charge in [-0.25, -0.2) is 9.97 Å². The number of rotatable bonds is 10. The second kappa shape index (κ2) is 11.3. The number of nitrogens with zero attached hydrogens (tertiary/aromatic N) is 3. The lowest BCUT2D eigenvalue weighted by Crippen LogP contribution is -2.14. The van der Waals surface area contributed by atoms with Crippen LogP contribution < -0.4 is 0 Å². The van der Waals surface area contributed by atoms with Crippen LogP contribution in [0.5, 0.6) is 0 Å². The van der Waals surface area contributed by atoms with Gasteiger partial charge >= 0.3 is 0 Å². The van der Waals surface area contributed by atoms with Gasteiger partial charge in [-0.05, 0) is 62.1 Å². The van der Waals surface area contributed by atoms with Crippen LogP contribution in [-0.2, 0) is 6.42 Å². The fourth-order valence-electron chi connectivity index (χ4n) is 4.50. The van der Waals surface area contributed by atoms with E-state index < -0.39 is 0 Å². The molecule has 1 fully saturated rings. The normalized spacial score (nSPS) is 19.6. The summed E-state index contributed by atoms with van der Waals surface area (Å²) in [6, 6.07) is 4.35. The highest BCUT2D eigenvalue weighted by Gasteiger charge is 2.22. The van der Waals surface area contributed by atoms with Gasteiger partial charge in [0.2, 0.25) is 0 Å². The van der Waals surface area contributed by atoms with Crippen LogP contribution >= 0.6 is 0 Å². The van der Waals surface area contributed by atoms with Gasteiger partial charge in [-0.1, -0.05) is 52.4 Å². The molecule has 3 nitrogen and oxygen atoms in total. The van der Waals surface area contributed by atoms with Crippen molar-refractivity contribution < 1.29 is 0 Å². The first kappa shape index (κ1) is 21.0. The lowest BCUT2D eigenvalue weighted by Gasteiger charge is -2.28. The van der Waals surface area contributed by atoms with Crippen LogP contribution in [0.25, 0.3) is 11.4 Å². The van der Waals surface area contributed by atoms with Crippen LogP contribution in [0.1, 0.15) is 102 Å². The first-order valence-electron chi connectivity index (χ1n) is 11.6. The minimum Gasteiger partial charge on any atom is -0.260 e. The van der Waals surface area contributed by atoms with Crippen molar-refractivity contribution in [1.29, 1.82) is 0 Å². The molecule has 0 unspecified atom stereocenters. The monoisotopic (exact) mass is 379 g/mol. The fourth-order valence-corrected chi connectivity index (χ4v) is 4.50. The SMILES string of the molecule is CCCCCCCc1cnc(-c2ccc(C3CCC(CCC)CC3)nc2)nc1. The maximum atomic E-state index is 4.77. The van der Waals surface area contributed by atoms with E-state index in [-0.39, 0.29) is 0 Å². The molecule has 0 bridgehead atoms. The first-order chi connectivity index (χ1) is 13.8. The van der Waals surface area contributed by atoms with Crippen molar-refractivity contribution in [2.24, 2.45) is 5.92 Å². The quantitative estimate of drug-likeness (QED) is 0.412. The summed E-state index contributed by atoms with van der Waals surface area (Å²) < 4.78 is 0. The van der Waals surface area contributed by atoms with Crippen molar-refractivity contribution in [2.75, 3.05) is 0 Å². The zero-order chi connectivity index (χ0) is 19.6. The van der Waals surface area contributed by atoms with E-state index in [0.717, 1.165) is 23.7 Å². The van der Waals surface area contributed by atoms with E-state index >= 15 is 0 Å². The summed E-state index contributed by atoms with van der Waals surface area (Å²) in [4.78, 5) is 13.9. The van der Waals surface area contributed by atoms with Gasteiger partial charge in [0.25, 0.3) is 0 Å². The summed E-state index contributed by atoms with van der Waals surface area (Å²) in [6.45, 7) is 4.56. The zero-order valence-electron chi connectivity index (χ0n) is 17.9. The molecule has 2 aromatic rings. The number of hydrogen-bond donors (Lipinski definition) is 0. The zero-order valence-corrected chi connectivity index (χ0v) is 17.9. The van der Waals surface area contributed by atoms with E-state index in [9.17, 15) is 0 Å². The molecule has 1 aliphatic rings. The van der Waals surface area contributed by atoms with Crippen LogP contribution in [-0.4, -0.2) is 15.0 Å². The second-order valence-electron chi connectivity index (χ2n) is 8.56. The number of unbranched alkanes of at least 4 members (excludes halogenated alkanes) is 4. The number of aromatic nitrogens is 3. The van der Waals surface area contributed by atoms with E-state index in [1.54, 1.807) is 0 Å². The Morgan fingerprint density at radius 2 is 1.54 bits per heavy atom. The van der Waals surface area contributed by atoms with Crippen LogP contribution in [0.3, 0.4) is 0 Å². The predicted octanol–water partition coefficient (Wildman–Crippen LogP) is 7.13.